The summed E-state index contributed by atoms with van der Waals surface area (Å²) in [6.45, 7) is 6.05. The number of benzene rings is 1. The Morgan fingerprint density at radius 1 is 1.38 bits per heavy atom. The fourth-order valence-corrected chi connectivity index (χ4v) is 2.74. The quantitative estimate of drug-likeness (QED) is 0.837. The van der Waals surface area contributed by atoms with E-state index < -0.39 is 5.97 Å². The lowest BCUT2D eigenvalue weighted by Crippen LogP contribution is -2.27. The molecule has 0 saturated heterocycles. The van der Waals surface area contributed by atoms with Crippen LogP contribution in [0.25, 0.3) is 0 Å². The van der Waals surface area contributed by atoms with Gasteiger partial charge in [-0.1, -0.05) is 6.92 Å². The minimum Gasteiger partial charge on any atom is -0.481 e. The number of fused-ring (bicyclic) bond motifs is 1. The van der Waals surface area contributed by atoms with Crippen molar-refractivity contribution in [3.8, 4) is 0 Å². The number of carboxylic acids is 1. The third-order valence-corrected chi connectivity index (χ3v) is 3.79. The molecule has 21 heavy (non-hydrogen) atoms. The fraction of sp³-hybridized carbons (Fsp3) is 0.500. The molecule has 2 rings (SSSR count). The number of nitrogens with zero attached hydrogens (tertiary/aromatic N) is 2. The highest BCUT2D eigenvalue weighted by atomic mass is 16.4. The molecule has 0 unspecified atom stereocenters. The predicted molar refractivity (Wildman–Crippen MR) is 82.9 cm³/mol. The molecule has 1 amide bonds. The van der Waals surface area contributed by atoms with Crippen LogP contribution >= 0.6 is 0 Å². The molecule has 1 aromatic rings. The minimum atomic E-state index is -0.793. The summed E-state index contributed by atoms with van der Waals surface area (Å²) in [6, 6.07) is 5.98. The summed E-state index contributed by atoms with van der Waals surface area (Å²) in [7, 11) is 0. The van der Waals surface area contributed by atoms with E-state index in [-0.39, 0.29) is 12.3 Å². The summed E-state index contributed by atoms with van der Waals surface area (Å²) in [4.78, 5) is 26.6. The summed E-state index contributed by atoms with van der Waals surface area (Å²) >= 11 is 0. The zero-order valence-corrected chi connectivity index (χ0v) is 12.6. The van der Waals surface area contributed by atoms with Crippen molar-refractivity contribution in [3.05, 3.63) is 23.8 Å². The molecule has 1 N–H and O–H groups in total. The van der Waals surface area contributed by atoms with E-state index in [1.54, 1.807) is 0 Å². The number of amides is 1. The van der Waals surface area contributed by atoms with Crippen LogP contribution in [-0.4, -0.2) is 36.6 Å². The molecular formula is C16H22N2O3. The van der Waals surface area contributed by atoms with E-state index in [0.29, 0.717) is 13.0 Å². The van der Waals surface area contributed by atoms with Crippen LogP contribution in [0.5, 0.6) is 0 Å². The maximum Gasteiger partial charge on any atom is 0.305 e. The molecule has 5 heteroatoms. The number of hydrogen-bond acceptors (Lipinski definition) is 3. The second-order valence-electron chi connectivity index (χ2n) is 5.26. The molecule has 0 fully saturated rings. The monoisotopic (exact) mass is 290 g/mol. The van der Waals surface area contributed by atoms with Gasteiger partial charge in [0.25, 0.3) is 0 Å². The third kappa shape index (κ3) is 3.35. The first-order valence-corrected chi connectivity index (χ1v) is 7.46. The van der Waals surface area contributed by atoms with Gasteiger partial charge >= 0.3 is 5.97 Å². The molecule has 1 aromatic carbocycles. The molecule has 0 atom stereocenters. The first-order valence-electron chi connectivity index (χ1n) is 7.46. The summed E-state index contributed by atoms with van der Waals surface area (Å²) in [5.74, 6) is -0.642. The number of rotatable bonds is 7. The van der Waals surface area contributed by atoms with Crippen molar-refractivity contribution in [1.82, 2.24) is 0 Å². The zero-order valence-electron chi connectivity index (χ0n) is 12.6. The Morgan fingerprint density at radius 2 is 2.14 bits per heavy atom. The SMILES string of the molecule is CCCN1C(=O)Cc2cc(N(CC)CCC(=O)O)ccc21. The van der Waals surface area contributed by atoms with Gasteiger partial charge in [0.1, 0.15) is 0 Å². The van der Waals surface area contributed by atoms with E-state index in [0.717, 1.165) is 36.4 Å². The van der Waals surface area contributed by atoms with Crippen LogP contribution in [-0.2, 0) is 16.0 Å². The van der Waals surface area contributed by atoms with Gasteiger partial charge in [0.15, 0.2) is 0 Å². The Kier molecular flexibility index (Phi) is 4.83. The van der Waals surface area contributed by atoms with Crippen LogP contribution in [0.4, 0.5) is 11.4 Å². The van der Waals surface area contributed by atoms with Crippen LogP contribution in [0.1, 0.15) is 32.3 Å². The second-order valence-corrected chi connectivity index (χ2v) is 5.26. The fourth-order valence-electron chi connectivity index (χ4n) is 2.74. The number of carbonyl (C=O) groups excluding carboxylic acids is 1. The maximum absolute atomic E-state index is 12.0. The topological polar surface area (TPSA) is 60.9 Å². The van der Waals surface area contributed by atoms with Gasteiger partial charge in [-0.05, 0) is 37.1 Å². The summed E-state index contributed by atoms with van der Waals surface area (Å²) < 4.78 is 0. The van der Waals surface area contributed by atoms with Gasteiger partial charge in [-0.25, -0.2) is 0 Å². The Bertz CT molecular complexity index is 542. The molecule has 1 aliphatic heterocycles. The lowest BCUT2D eigenvalue weighted by Gasteiger charge is -2.23. The van der Waals surface area contributed by atoms with E-state index >= 15 is 0 Å². The average Bonchev–Trinajstić information content (AvgIpc) is 2.75. The summed E-state index contributed by atoms with van der Waals surface area (Å²) in [5.41, 5.74) is 3.03. The van der Waals surface area contributed by atoms with Gasteiger partial charge in [0, 0.05) is 31.0 Å². The largest absolute Gasteiger partial charge is 0.481 e. The van der Waals surface area contributed by atoms with Crippen molar-refractivity contribution in [2.75, 3.05) is 29.4 Å². The molecule has 0 radical (unpaired) electrons. The standard InChI is InChI=1S/C16H22N2O3/c1-3-8-18-14-6-5-13(10-12(14)11-15(18)19)17(4-2)9-7-16(20)21/h5-6,10H,3-4,7-9,11H2,1-2H3,(H,20,21). The van der Waals surface area contributed by atoms with Gasteiger partial charge in [-0.15, -0.1) is 0 Å². The van der Waals surface area contributed by atoms with Gasteiger partial charge in [-0.3, -0.25) is 9.59 Å². The van der Waals surface area contributed by atoms with E-state index in [2.05, 4.69) is 6.92 Å². The number of carbonyl (C=O) groups is 2. The zero-order chi connectivity index (χ0) is 15.4. The molecule has 0 spiro atoms. The maximum atomic E-state index is 12.0. The summed E-state index contributed by atoms with van der Waals surface area (Å²) in [6.07, 6.45) is 1.50. The van der Waals surface area contributed by atoms with Crippen LogP contribution in [0, 0.1) is 0 Å². The Morgan fingerprint density at radius 3 is 2.76 bits per heavy atom. The minimum absolute atomic E-state index is 0.117. The Labute approximate surface area is 125 Å². The van der Waals surface area contributed by atoms with Crippen molar-refractivity contribution in [1.29, 1.82) is 0 Å². The van der Waals surface area contributed by atoms with Crippen molar-refractivity contribution < 1.29 is 14.7 Å². The summed E-state index contributed by atoms with van der Waals surface area (Å²) in [5, 5.41) is 8.81. The van der Waals surface area contributed by atoms with Gasteiger partial charge < -0.3 is 14.9 Å². The first kappa shape index (κ1) is 15.4. The van der Waals surface area contributed by atoms with E-state index in [1.165, 1.54) is 0 Å². The Hall–Kier alpha value is -2.04. The lowest BCUT2D eigenvalue weighted by atomic mass is 10.1. The van der Waals surface area contributed by atoms with Crippen LogP contribution in [0.15, 0.2) is 18.2 Å². The highest BCUT2D eigenvalue weighted by molar-refractivity contribution is 6.01. The Balaban J connectivity index is 2.19. The molecule has 114 valence electrons. The molecule has 0 aromatic heterocycles. The van der Waals surface area contributed by atoms with Crippen LogP contribution < -0.4 is 9.80 Å². The lowest BCUT2D eigenvalue weighted by molar-refractivity contribution is -0.136. The molecule has 1 aliphatic rings. The molecule has 5 nitrogen and oxygen atoms in total. The number of carboxylic acid groups (broad SMARTS) is 1. The van der Waals surface area contributed by atoms with Crippen LogP contribution in [0.3, 0.4) is 0 Å². The smallest absolute Gasteiger partial charge is 0.305 e. The average molecular weight is 290 g/mol. The number of anilines is 2. The van der Waals surface area contributed by atoms with Crippen molar-refractivity contribution >= 4 is 23.3 Å². The number of aliphatic carboxylic acids is 1. The molecule has 1 heterocycles. The molecule has 0 bridgehead atoms. The highest BCUT2D eigenvalue weighted by Gasteiger charge is 2.26. The number of hydrogen-bond donors (Lipinski definition) is 1. The highest BCUT2D eigenvalue weighted by Crippen LogP contribution is 2.32. The van der Waals surface area contributed by atoms with Gasteiger partial charge in [0.2, 0.25) is 5.91 Å². The van der Waals surface area contributed by atoms with E-state index in [9.17, 15) is 9.59 Å². The van der Waals surface area contributed by atoms with Gasteiger partial charge in [0.05, 0.1) is 12.8 Å². The first-order chi connectivity index (χ1) is 10.1. The molecular weight excluding hydrogens is 268 g/mol. The second kappa shape index (κ2) is 6.61. The van der Waals surface area contributed by atoms with Crippen molar-refractivity contribution in [3.63, 3.8) is 0 Å². The molecule has 0 aliphatic carbocycles. The van der Waals surface area contributed by atoms with Crippen molar-refractivity contribution in [2.24, 2.45) is 0 Å². The molecule has 0 saturated carbocycles. The van der Waals surface area contributed by atoms with Gasteiger partial charge in [-0.2, -0.15) is 0 Å². The third-order valence-electron chi connectivity index (χ3n) is 3.79. The van der Waals surface area contributed by atoms with E-state index in [1.807, 2.05) is 34.9 Å². The van der Waals surface area contributed by atoms with Crippen LogP contribution in [0.2, 0.25) is 0 Å². The predicted octanol–water partition coefficient (Wildman–Crippen LogP) is 2.29. The normalized spacial score (nSPS) is 13.4. The van der Waals surface area contributed by atoms with Crippen molar-refractivity contribution in [2.45, 2.75) is 33.1 Å². The van der Waals surface area contributed by atoms with E-state index in [4.69, 9.17) is 5.11 Å².